The van der Waals surface area contributed by atoms with E-state index in [1.165, 1.54) is 0 Å². The van der Waals surface area contributed by atoms with E-state index in [1.807, 2.05) is 31.2 Å². The molecule has 0 aliphatic heterocycles. The van der Waals surface area contributed by atoms with Crippen LogP contribution >= 0.6 is 11.6 Å². The molecule has 0 spiro atoms. The lowest BCUT2D eigenvalue weighted by molar-refractivity contribution is 0.0858. The van der Waals surface area contributed by atoms with E-state index in [1.54, 1.807) is 18.2 Å². The molecule has 0 bridgehead atoms. The molecule has 2 N–H and O–H groups in total. The Morgan fingerprint density at radius 3 is 2.81 bits per heavy atom. The molecule has 1 aliphatic rings. The van der Waals surface area contributed by atoms with Gasteiger partial charge in [0.15, 0.2) is 0 Å². The van der Waals surface area contributed by atoms with Crippen LogP contribution in [0.4, 0.5) is 0 Å². The van der Waals surface area contributed by atoms with E-state index in [-0.39, 0.29) is 11.9 Å². The highest BCUT2D eigenvalue weighted by atomic mass is 35.5. The second-order valence-electron chi connectivity index (χ2n) is 5.39. The van der Waals surface area contributed by atoms with Gasteiger partial charge < -0.3 is 10.4 Å². The summed E-state index contributed by atoms with van der Waals surface area (Å²) in [6, 6.07) is 12.6. The maximum atomic E-state index is 12.4. The van der Waals surface area contributed by atoms with Crippen LogP contribution in [-0.2, 0) is 6.42 Å². The van der Waals surface area contributed by atoms with Crippen molar-refractivity contribution in [2.24, 2.45) is 0 Å². The molecule has 108 valence electrons. The summed E-state index contributed by atoms with van der Waals surface area (Å²) >= 11 is 5.97. The molecule has 4 heteroatoms. The fraction of sp³-hybridized carbons (Fsp3) is 0.235. The lowest BCUT2D eigenvalue weighted by Gasteiger charge is -2.18. The normalized spacial score (nSPS) is 20.1. The Balaban J connectivity index is 1.83. The summed E-state index contributed by atoms with van der Waals surface area (Å²) in [6.45, 7) is 1.86. The smallest absolute Gasteiger partial charge is 0.251 e. The summed E-state index contributed by atoms with van der Waals surface area (Å²) in [5.41, 5.74) is 3.48. The predicted molar refractivity (Wildman–Crippen MR) is 82.5 cm³/mol. The van der Waals surface area contributed by atoms with Gasteiger partial charge in [-0.05, 0) is 41.8 Å². The number of aryl methyl sites for hydroxylation is 1. The highest BCUT2D eigenvalue weighted by molar-refractivity contribution is 6.31. The van der Waals surface area contributed by atoms with Gasteiger partial charge in [0.2, 0.25) is 0 Å². The zero-order valence-corrected chi connectivity index (χ0v) is 12.4. The van der Waals surface area contributed by atoms with Crippen LogP contribution in [0.2, 0.25) is 5.02 Å². The van der Waals surface area contributed by atoms with Crippen molar-refractivity contribution < 1.29 is 9.90 Å². The number of halogens is 1. The summed E-state index contributed by atoms with van der Waals surface area (Å²) < 4.78 is 0. The van der Waals surface area contributed by atoms with E-state index in [2.05, 4.69) is 5.32 Å². The van der Waals surface area contributed by atoms with Crippen LogP contribution in [0.25, 0.3) is 0 Å². The topological polar surface area (TPSA) is 49.3 Å². The number of rotatable bonds is 2. The van der Waals surface area contributed by atoms with Crippen molar-refractivity contribution in [1.82, 2.24) is 5.32 Å². The molecule has 0 fully saturated rings. The highest BCUT2D eigenvalue weighted by Gasteiger charge is 2.32. The molecule has 1 aliphatic carbocycles. The molecule has 0 radical (unpaired) electrons. The van der Waals surface area contributed by atoms with Gasteiger partial charge in [-0.25, -0.2) is 0 Å². The van der Waals surface area contributed by atoms with Crippen molar-refractivity contribution in [2.45, 2.75) is 25.5 Å². The van der Waals surface area contributed by atoms with Gasteiger partial charge >= 0.3 is 0 Å². The van der Waals surface area contributed by atoms with Gasteiger partial charge in [0.25, 0.3) is 5.91 Å². The number of nitrogens with one attached hydrogen (secondary N) is 1. The third kappa shape index (κ3) is 2.67. The highest BCUT2D eigenvalue weighted by Crippen LogP contribution is 2.31. The summed E-state index contributed by atoms with van der Waals surface area (Å²) in [6.07, 6.45) is -0.0134. The number of carbonyl (C=O) groups is 1. The van der Waals surface area contributed by atoms with Crippen molar-refractivity contribution in [3.05, 3.63) is 69.7 Å². The monoisotopic (exact) mass is 301 g/mol. The molecule has 3 nitrogen and oxygen atoms in total. The summed E-state index contributed by atoms with van der Waals surface area (Å²) in [5.74, 6) is -0.199. The third-order valence-electron chi connectivity index (χ3n) is 3.91. The first kappa shape index (κ1) is 14.1. The Morgan fingerprint density at radius 2 is 2.05 bits per heavy atom. The molecule has 0 heterocycles. The molecular formula is C17H16ClNO2. The van der Waals surface area contributed by atoms with Gasteiger partial charge in [-0.3, -0.25) is 4.79 Å². The van der Waals surface area contributed by atoms with E-state index in [9.17, 15) is 9.90 Å². The number of fused-ring (bicyclic) bond motifs is 1. The van der Waals surface area contributed by atoms with Gasteiger partial charge in [-0.1, -0.05) is 35.9 Å². The Labute approximate surface area is 128 Å². The number of aliphatic hydroxyl groups excluding tert-OH is 1. The van der Waals surface area contributed by atoms with Crippen molar-refractivity contribution in [3.8, 4) is 0 Å². The summed E-state index contributed by atoms with van der Waals surface area (Å²) in [7, 11) is 0. The minimum atomic E-state index is -0.584. The van der Waals surface area contributed by atoms with Gasteiger partial charge in [-0.15, -0.1) is 0 Å². The van der Waals surface area contributed by atoms with Crippen LogP contribution in [0.15, 0.2) is 42.5 Å². The SMILES string of the molecule is Cc1cc(C(=O)N[C@@H]2c3ccccc3C[C@@H]2O)ccc1Cl. The van der Waals surface area contributed by atoms with E-state index in [4.69, 9.17) is 11.6 Å². The number of hydrogen-bond donors (Lipinski definition) is 2. The quantitative estimate of drug-likeness (QED) is 0.896. The van der Waals surface area contributed by atoms with Crippen LogP contribution in [0, 0.1) is 6.92 Å². The number of carbonyl (C=O) groups excluding carboxylic acids is 1. The maximum Gasteiger partial charge on any atom is 0.251 e. The molecule has 2 atom stereocenters. The van der Waals surface area contributed by atoms with E-state index in [0.717, 1.165) is 16.7 Å². The predicted octanol–water partition coefficient (Wildman–Crippen LogP) is 3.04. The number of amides is 1. The first-order valence-corrected chi connectivity index (χ1v) is 7.27. The lowest BCUT2D eigenvalue weighted by atomic mass is 10.1. The second kappa shape index (κ2) is 5.51. The molecule has 2 aromatic carbocycles. The van der Waals surface area contributed by atoms with E-state index < -0.39 is 6.10 Å². The fourth-order valence-electron chi connectivity index (χ4n) is 2.76. The molecule has 0 unspecified atom stereocenters. The average Bonchev–Trinajstić information content (AvgIpc) is 2.78. The van der Waals surface area contributed by atoms with Crippen molar-refractivity contribution >= 4 is 17.5 Å². The minimum absolute atomic E-state index is 0.199. The molecule has 3 rings (SSSR count). The first-order chi connectivity index (χ1) is 10.1. The molecule has 0 saturated carbocycles. The average molecular weight is 302 g/mol. The largest absolute Gasteiger partial charge is 0.390 e. The molecule has 0 saturated heterocycles. The maximum absolute atomic E-state index is 12.4. The van der Waals surface area contributed by atoms with Crippen molar-refractivity contribution in [3.63, 3.8) is 0 Å². The third-order valence-corrected chi connectivity index (χ3v) is 4.33. The van der Waals surface area contributed by atoms with Crippen LogP contribution in [0.1, 0.15) is 33.1 Å². The Bertz CT molecular complexity index is 699. The van der Waals surface area contributed by atoms with E-state index in [0.29, 0.717) is 17.0 Å². The summed E-state index contributed by atoms with van der Waals surface area (Å²) in [4.78, 5) is 12.4. The Hall–Kier alpha value is -1.84. The lowest BCUT2D eigenvalue weighted by Crippen LogP contribution is -2.33. The Morgan fingerprint density at radius 1 is 1.29 bits per heavy atom. The molecule has 2 aromatic rings. The number of aliphatic hydroxyl groups is 1. The summed E-state index contributed by atoms with van der Waals surface area (Å²) in [5, 5.41) is 13.7. The van der Waals surface area contributed by atoms with Crippen LogP contribution < -0.4 is 5.32 Å². The number of hydrogen-bond acceptors (Lipinski definition) is 2. The molecule has 21 heavy (non-hydrogen) atoms. The van der Waals surface area contributed by atoms with Crippen molar-refractivity contribution in [1.29, 1.82) is 0 Å². The van der Waals surface area contributed by atoms with Crippen molar-refractivity contribution in [2.75, 3.05) is 0 Å². The fourth-order valence-corrected chi connectivity index (χ4v) is 2.88. The van der Waals surface area contributed by atoms with Crippen LogP contribution in [0.5, 0.6) is 0 Å². The first-order valence-electron chi connectivity index (χ1n) is 6.89. The standard InChI is InChI=1S/C17H16ClNO2/c1-10-8-12(6-7-14(10)18)17(21)19-16-13-5-3-2-4-11(13)9-15(16)20/h2-8,15-16,20H,9H2,1H3,(H,19,21)/t15-,16+/m0/s1. The second-order valence-corrected chi connectivity index (χ2v) is 5.79. The molecule has 1 amide bonds. The van der Waals surface area contributed by atoms with E-state index >= 15 is 0 Å². The molecular weight excluding hydrogens is 286 g/mol. The minimum Gasteiger partial charge on any atom is -0.390 e. The Kier molecular flexibility index (Phi) is 3.70. The van der Waals surface area contributed by atoms with Gasteiger partial charge in [0.05, 0.1) is 12.1 Å². The number of benzene rings is 2. The van der Waals surface area contributed by atoms with Gasteiger partial charge in [0.1, 0.15) is 0 Å². The van der Waals surface area contributed by atoms with Crippen LogP contribution in [0.3, 0.4) is 0 Å². The zero-order chi connectivity index (χ0) is 15.0. The van der Waals surface area contributed by atoms with Gasteiger partial charge in [0, 0.05) is 17.0 Å². The van der Waals surface area contributed by atoms with Crippen LogP contribution in [-0.4, -0.2) is 17.1 Å². The molecule has 0 aromatic heterocycles. The zero-order valence-electron chi connectivity index (χ0n) is 11.6. The van der Waals surface area contributed by atoms with Gasteiger partial charge in [-0.2, -0.15) is 0 Å².